The van der Waals surface area contributed by atoms with E-state index in [-0.39, 0.29) is 9.79 Å². The van der Waals surface area contributed by atoms with Crippen LogP contribution in [0.2, 0.25) is 0 Å². The molecule has 0 saturated heterocycles. The summed E-state index contributed by atoms with van der Waals surface area (Å²) in [6.07, 6.45) is 1.47. The Morgan fingerprint density at radius 2 is 1.47 bits per heavy atom. The van der Waals surface area contributed by atoms with Gasteiger partial charge in [-0.15, -0.1) is 7.77 Å². The van der Waals surface area contributed by atoms with E-state index in [4.69, 9.17) is 0 Å². The molecule has 0 unspecified atom stereocenters. The second kappa shape index (κ2) is 4.72. The van der Waals surface area contributed by atoms with Gasteiger partial charge in [0.15, 0.2) is 0 Å². The highest BCUT2D eigenvalue weighted by Crippen LogP contribution is 2.66. The van der Waals surface area contributed by atoms with Crippen molar-refractivity contribution in [3.05, 3.63) is 66.7 Å². The predicted molar refractivity (Wildman–Crippen MR) is 69.3 cm³/mol. The van der Waals surface area contributed by atoms with Gasteiger partial charge in [-0.25, -0.2) is 0 Å². The molecule has 0 aliphatic carbocycles. The molecule has 0 bridgehead atoms. The zero-order valence-corrected chi connectivity index (χ0v) is 9.96. The van der Waals surface area contributed by atoms with Gasteiger partial charge in [0.1, 0.15) is 10.8 Å². The van der Waals surface area contributed by atoms with E-state index < -0.39 is 10.8 Å². The molecule has 3 heteroatoms. The lowest BCUT2D eigenvalue weighted by Crippen LogP contribution is -1.92. The van der Waals surface area contributed by atoms with Gasteiger partial charge in [0.05, 0.1) is 9.79 Å². The summed E-state index contributed by atoms with van der Waals surface area (Å²) >= 11 is 0. The summed E-state index contributed by atoms with van der Waals surface area (Å²) in [4.78, 5) is 0.149. The number of hydrogen-bond acceptors (Lipinski definition) is 0. The molecular weight excluding hydrogens is 238 g/mol. The average Bonchev–Trinajstić information content (AvgIpc) is 2.39. The number of benzene rings is 2. The summed E-state index contributed by atoms with van der Waals surface area (Å²) in [7, 11) is -3.95. The largest absolute Gasteiger partial charge is 0.148 e. The maximum Gasteiger partial charge on any atom is 0.114 e. The Kier molecular flexibility index (Phi) is 3.29. The second-order valence-corrected chi connectivity index (χ2v) is 5.37. The Morgan fingerprint density at radius 1 is 0.882 bits per heavy atom. The van der Waals surface area contributed by atoms with Gasteiger partial charge in [-0.1, -0.05) is 49.1 Å². The first-order valence-corrected chi connectivity index (χ1v) is 6.59. The fourth-order valence-electron chi connectivity index (χ4n) is 1.60. The van der Waals surface area contributed by atoms with Crippen molar-refractivity contribution in [1.82, 2.24) is 0 Å². The summed E-state index contributed by atoms with van der Waals surface area (Å²) in [6, 6.07) is 14.4. The van der Waals surface area contributed by atoms with E-state index in [2.05, 4.69) is 6.58 Å². The molecule has 0 amide bonds. The zero-order chi connectivity index (χ0) is 12.3. The van der Waals surface area contributed by atoms with E-state index in [1.807, 2.05) is 0 Å². The molecule has 0 heterocycles. The topological polar surface area (TPSA) is 0 Å². The molecule has 0 N–H and O–H groups in total. The van der Waals surface area contributed by atoms with Crippen LogP contribution in [-0.2, 0) is 0 Å². The maximum absolute atomic E-state index is 14.4. The van der Waals surface area contributed by atoms with E-state index in [0.29, 0.717) is 5.56 Å². The molecule has 0 fully saturated rings. The molecule has 88 valence electrons. The minimum absolute atomic E-state index is 0.0706. The van der Waals surface area contributed by atoms with Crippen LogP contribution in [-0.4, -0.2) is 0 Å². The van der Waals surface area contributed by atoms with Crippen molar-refractivity contribution < 1.29 is 7.77 Å². The average molecular weight is 250 g/mol. The van der Waals surface area contributed by atoms with Gasteiger partial charge in [0, 0.05) is 0 Å². The molecule has 17 heavy (non-hydrogen) atoms. The molecule has 0 spiro atoms. The van der Waals surface area contributed by atoms with Crippen molar-refractivity contribution in [2.24, 2.45) is 0 Å². The van der Waals surface area contributed by atoms with Crippen LogP contribution in [0.1, 0.15) is 5.56 Å². The summed E-state index contributed by atoms with van der Waals surface area (Å²) in [5, 5.41) is 0. The summed E-state index contributed by atoms with van der Waals surface area (Å²) in [5.74, 6) is 0. The van der Waals surface area contributed by atoms with Crippen molar-refractivity contribution in [2.75, 3.05) is 0 Å². The third-order valence-corrected chi connectivity index (χ3v) is 4.24. The van der Waals surface area contributed by atoms with Crippen LogP contribution in [0.5, 0.6) is 0 Å². The molecule has 0 aliphatic rings. The van der Waals surface area contributed by atoms with E-state index in [1.54, 1.807) is 36.4 Å². The monoisotopic (exact) mass is 250 g/mol. The Labute approximate surface area is 102 Å². The van der Waals surface area contributed by atoms with Crippen LogP contribution in [0.15, 0.2) is 71.0 Å². The van der Waals surface area contributed by atoms with Crippen molar-refractivity contribution in [1.29, 1.82) is 0 Å². The van der Waals surface area contributed by atoms with Crippen LogP contribution in [0.4, 0.5) is 7.77 Å². The predicted octanol–water partition coefficient (Wildman–Crippen LogP) is 5.32. The van der Waals surface area contributed by atoms with Crippen molar-refractivity contribution in [2.45, 2.75) is 9.79 Å². The van der Waals surface area contributed by atoms with Gasteiger partial charge in [-0.3, -0.25) is 0 Å². The lowest BCUT2D eigenvalue weighted by atomic mass is 10.2. The van der Waals surface area contributed by atoms with Crippen LogP contribution in [0.25, 0.3) is 6.08 Å². The standard InChI is InChI=1S/C14H12F2S/c1-2-12-8-6-7-11-14(12)17(15,16)13-9-4-3-5-10-13/h2-11H,1H2. The minimum Gasteiger partial charge on any atom is -0.148 e. The molecule has 2 aromatic carbocycles. The van der Waals surface area contributed by atoms with Crippen molar-refractivity contribution >= 4 is 16.9 Å². The quantitative estimate of drug-likeness (QED) is 0.691. The molecule has 0 radical (unpaired) electrons. The smallest absolute Gasteiger partial charge is 0.114 e. The Hall–Kier alpha value is -1.61. The Morgan fingerprint density at radius 3 is 2.12 bits per heavy atom. The highest BCUT2D eigenvalue weighted by atomic mass is 32.3. The van der Waals surface area contributed by atoms with E-state index in [1.165, 1.54) is 24.3 Å². The lowest BCUT2D eigenvalue weighted by Gasteiger charge is -2.23. The van der Waals surface area contributed by atoms with Crippen LogP contribution in [0.3, 0.4) is 0 Å². The summed E-state index contributed by atoms with van der Waals surface area (Å²) in [5.41, 5.74) is 0.497. The first-order chi connectivity index (χ1) is 8.16. The Bertz CT molecular complexity index is 521. The molecule has 2 rings (SSSR count). The first kappa shape index (κ1) is 11.9. The fourth-order valence-corrected chi connectivity index (χ4v) is 3.05. The van der Waals surface area contributed by atoms with Crippen LogP contribution >= 0.6 is 10.8 Å². The normalized spacial score (nSPS) is 12.1. The SMILES string of the molecule is C=Cc1ccccc1S(F)(F)c1ccccc1. The third-order valence-electron chi connectivity index (χ3n) is 2.45. The van der Waals surface area contributed by atoms with Gasteiger partial charge < -0.3 is 0 Å². The summed E-state index contributed by atoms with van der Waals surface area (Å²) < 4.78 is 28.7. The molecular formula is C14H12F2S. The molecule has 0 aromatic heterocycles. The van der Waals surface area contributed by atoms with E-state index >= 15 is 0 Å². The maximum atomic E-state index is 14.4. The van der Waals surface area contributed by atoms with Gasteiger partial charge >= 0.3 is 0 Å². The zero-order valence-electron chi connectivity index (χ0n) is 9.14. The summed E-state index contributed by atoms with van der Waals surface area (Å²) in [6.45, 7) is 3.58. The van der Waals surface area contributed by atoms with Gasteiger partial charge in [0.25, 0.3) is 0 Å². The van der Waals surface area contributed by atoms with Gasteiger partial charge in [-0.05, 0) is 23.8 Å². The van der Waals surface area contributed by atoms with Gasteiger partial charge in [0.2, 0.25) is 0 Å². The second-order valence-electron chi connectivity index (χ2n) is 3.52. The Balaban J connectivity index is 2.55. The number of halogens is 2. The molecule has 2 aromatic rings. The molecule has 0 aliphatic heterocycles. The molecule has 0 atom stereocenters. The van der Waals surface area contributed by atoms with Crippen LogP contribution in [0, 0.1) is 0 Å². The van der Waals surface area contributed by atoms with Crippen molar-refractivity contribution in [3.8, 4) is 0 Å². The lowest BCUT2D eigenvalue weighted by molar-refractivity contribution is 0.737. The first-order valence-electron chi connectivity index (χ1n) is 5.15. The van der Waals surface area contributed by atoms with Crippen LogP contribution < -0.4 is 0 Å². The third kappa shape index (κ3) is 2.24. The minimum atomic E-state index is -3.95. The van der Waals surface area contributed by atoms with E-state index in [9.17, 15) is 7.77 Å². The highest BCUT2D eigenvalue weighted by molar-refractivity contribution is 8.25. The van der Waals surface area contributed by atoms with E-state index in [0.717, 1.165) is 0 Å². The van der Waals surface area contributed by atoms with Gasteiger partial charge in [-0.2, -0.15) is 0 Å². The fraction of sp³-hybridized carbons (Fsp3) is 0. The molecule has 0 saturated carbocycles. The number of rotatable bonds is 3. The highest BCUT2D eigenvalue weighted by Gasteiger charge is 2.29. The molecule has 0 nitrogen and oxygen atoms in total. The van der Waals surface area contributed by atoms with Crippen molar-refractivity contribution in [3.63, 3.8) is 0 Å². The number of hydrogen-bond donors (Lipinski definition) is 0.